The van der Waals surface area contributed by atoms with Crippen molar-refractivity contribution in [1.29, 1.82) is 0 Å². The Morgan fingerprint density at radius 2 is 1.68 bits per heavy atom. The van der Waals surface area contributed by atoms with Crippen LogP contribution in [0.1, 0.15) is 43.9 Å². The molecule has 152 valence electrons. The van der Waals surface area contributed by atoms with E-state index in [0.717, 1.165) is 21.7 Å². The molecule has 1 amide bonds. The normalized spacial score (nSPS) is 12.5. The fourth-order valence-electron chi connectivity index (χ4n) is 2.94. The quantitative estimate of drug-likeness (QED) is 0.731. The van der Waals surface area contributed by atoms with Gasteiger partial charge in [-0.2, -0.15) is 0 Å². The molecule has 1 unspecified atom stereocenters. The number of anilines is 1. The summed E-state index contributed by atoms with van der Waals surface area (Å²) in [5.74, 6) is 0.613. The highest BCUT2D eigenvalue weighted by atomic mass is 32.2. The molecule has 0 aliphatic heterocycles. The minimum atomic E-state index is -3.61. The third-order valence-corrected chi connectivity index (χ3v) is 5.66. The summed E-state index contributed by atoms with van der Waals surface area (Å²) in [7, 11) is -2.04. The third-order valence-electron chi connectivity index (χ3n) is 4.52. The van der Waals surface area contributed by atoms with E-state index in [1.165, 1.54) is 0 Å². The van der Waals surface area contributed by atoms with Crippen molar-refractivity contribution in [1.82, 2.24) is 5.32 Å². The van der Waals surface area contributed by atoms with Crippen molar-refractivity contribution >= 4 is 21.6 Å². The van der Waals surface area contributed by atoms with Gasteiger partial charge in [0.1, 0.15) is 12.3 Å². The Balaban J connectivity index is 2.17. The number of carbonyl (C=O) groups excluding carboxylic acids is 1. The molecule has 0 aromatic heterocycles. The van der Waals surface area contributed by atoms with Gasteiger partial charge in [0.25, 0.3) is 0 Å². The summed E-state index contributed by atoms with van der Waals surface area (Å²) in [6.45, 7) is 5.67. The maximum Gasteiger partial charge on any atom is 0.241 e. The van der Waals surface area contributed by atoms with Crippen LogP contribution in [0.4, 0.5) is 5.69 Å². The Labute approximate surface area is 167 Å². The molecule has 0 bridgehead atoms. The molecular formula is C21H28N2O4S. The summed E-state index contributed by atoms with van der Waals surface area (Å²) >= 11 is 0. The Morgan fingerprint density at radius 3 is 2.21 bits per heavy atom. The van der Waals surface area contributed by atoms with Crippen LogP contribution in [-0.2, 0) is 14.8 Å². The second kappa shape index (κ2) is 9.10. The van der Waals surface area contributed by atoms with Crippen molar-refractivity contribution in [2.24, 2.45) is 0 Å². The SMILES string of the molecule is COc1ccccc1C(C)NC(=O)CN(c1ccc(C(C)C)cc1)S(C)(=O)=O. The molecule has 0 saturated carbocycles. The highest BCUT2D eigenvalue weighted by Crippen LogP contribution is 2.25. The highest BCUT2D eigenvalue weighted by Gasteiger charge is 2.22. The molecule has 0 spiro atoms. The number of nitrogens with one attached hydrogen (secondary N) is 1. The predicted molar refractivity (Wildman–Crippen MR) is 112 cm³/mol. The molecule has 6 nitrogen and oxygen atoms in total. The van der Waals surface area contributed by atoms with Gasteiger partial charge in [0.15, 0.2) is 0 Å². The number of amides is 1. The van der Waals surface area contributed by atoms with E-state index >= 15 is 0 Å². The van der Waals surface area contributed by atoms with Crippen molar-refractivity contribution in [3.05, 3.63) is 59.7 Å². The zero-order valence-electron chi connectivity index (χ0n) is 17.0. The lowest BCUT2D eigenvalue weighted by atomic mass is 10.0. The summed E-state index contributed by atoms with van der Waals surface area (Å²) in [6.07, 6.45) is 1.10. The zero-order chi connectivity index (χ0) is 20.9. The number of carbonyl (C=O) groups is 1. The Kier molecular flexibility index (Phi) is 7.07. The van der Waals surface area contributed by atoms with Crippen LogP contribution in [0, 0.1) is 0 Å². The van der Waals surface area contributed by atoms with E-state index in [-0.39, 0.29) is 12.6 Å². The van der Waals surface area contributed by atoms with Gasteiger partial charge in [0.2, 0.25) is 15.9 Å². The van der Waals surface area contributed by atoms with Gasteiger partial charge in [0, 0.05) is 5.56 Å². The number of hydrogen-bond donors (Lipinski definition) is 1. The van der Waals surface area contributed by atoms with Gasteiger partial charge in [-0.15, -0.1) is 0 Å². The molecule has 2 aromatic carbocycles. The molecule has 0 fully saturated rings. The zero-order valence-corrected chi connectivity index (χ0v) is 17.8. The first kappa shape index (κ1) is 21.8. The van der Waals surface area contributed by atoms with Gasteiger partial charge in [-0.3, -0.25) is 9.10 Å². The van der Waals surface area contributed by atoms with Crippen LogP contribution in [0.15, 0.2) is 48.5 Å². The molecule has 1 N–H and O–H groups in total. The fraction of sp³-hybridized carbons (Fsp3) is 0.381. The van der Waals surface area contributed by atoms with Crippen LogP contribution in [-0.4, -0.2) is 34.2 Å². The van der Waals surface area contributed by atoms with Crippen molar-refractivity contribution in [2.45, 2.75) is 32.7 Å². The Morgan fingerprint density at radius 1 is 1.07 bits per heavy atom. The first-order valence-electron chi connectivity index (χ1n) is 9.13. The molecule has 0 heterocycles. The first-order chi connectivity index (χ1) is 13.1. The molecule has 0 aliphatic carbocycles. The van der Waals surface area contributed by atoms with Crippen molar-refractivity contribution in [3.63, 3.8) is 0 Å². The minimum absolute atomic E-state index is 0.292. The topological polar surface area (TPSA) is 75.7 Å². The smallest absolute Gasteiger partial charge is 0.241 e. The summed E-state index contributed by atoms with van der Waals surface area (Å²) < 4.78 is 31.0. The van der Waals surface area contributed by atoms with Gasteiger partial charge in [-0.05, 0) is 36.6 Å². The maximum atomic E-state index is 12.6. The highest BCUT2D eigenvalue weighted by molar-refractivity contribution is 7.92. The summed E-state index contributed by atoms with van der Waals surface area (Å²) in [4.78, 5) is 12.6. The fourth-order valence-corrected chi connectivity index (χ4v) is 3.80. The molecule has 0 aliphatic rings. The van der Waals surface area contributed by atoms with E-state index in [9.17, 15) is 13.2 Å². The molecule has 0 radical (unpaired) electrons. The summed E-state index contributed by atoms with van der Waals surface area (Å²) in [6, 6.07) is 14.3. The predicted octanol–water partition coefficient (Wildman–Crippen LogP) is 3.46. The molecule has 2 rings (SSSR count). The second-order valence-corrected chi connectivity index (χ2v) is 8.95. The number of sulfonamides is 1. The molecule has 2 aromatic rings. The average Bonchev–Trinajstić information content (AvgIpc) is 2.65. The Bertz CT molecular complexity index is 908. The van der Waals surface area contributed by atoms with E-state index in [1.54, 1.807) is 19.2 Å². The number of ether oxygens (including phenoxy) is 1. The molecule has 28 heavy (non-hydrogen) atoms. The molecule has 7 heteroatoms. The number of nitrogens with zero attached hydrogens (tertiary/aromatic N) is 1. The van der Waals surface area contributed by atoms with Crippen molar-refractivity contribution in [3.8, 4) is 5.75 Å². The summed E-state index contributed by atoms with van der Waals surface area (Å²) in [5.41, 5.74) is 2.39. The number of methoxy groups -OCH3 is 1. The van der Waals surface area contributed by atoms with E-state index < -0.39 is 15.9 Å². The van der Waals surface area contributed by atoms with E-state index in [2.05, 4.69) is 19.2 Å². The van der Waals surface area contributed by atoms with E-state index in [1.807, 2.05) is 43.3 Å². The van der Waals surface area contributed by atoms with Crippen LogP contribution in [0.25, 0.3) is 0 Å². The van der Waals surface area contributed by atoms with Gasteiger partial charge < -0.3 is 10.1 Å². The monoisotopic (exact) mass is 404 g/mol. The van der Waals surface area contributed by atoms with Gasteiger partial charge in [0.05, 0.1) is 25.1 Å². The van der Waals surface area contributed by atoms with Crippen LogP contribution >= 0.6 is 0 Å². The molecule has 0 saturated heterocycles. The number of rotatable bonds is 8. The summed E-state index contributed by atoms with van der Waals surface area (Å²) in [5, 5.41) is 2.85. The maximum absolute atomic E-state index is 12.6. The van der Waals surface area contributed by atoms with Crippen LogP contribution < -0.4 is 14.4 Å². The van der Waals surface area contributed by atoms with Gasteiger partial charge in [-0.25, -0.2) is 8.42 Å². The van der Waals surface area contributed by atoms with Gasteiger partial charge in [-0.1, -0.05) is 44.2 Å². The average molecular weight is 405 g/mol. The number of hydrogen-bond acceptors (Lipinski definition) is 4. The van der Waals surface area contributed by atoms with Crippen LogP contribution in [0.5, 0.6) is 5.75 Å². The largest absolute Gasteiger partial charge is 0.496 e. The van der Waals surface area contributed by atoms with Crippen LogP contribution in [0.3, 0.4) is 0 Å². The van der Waals surface area contributed by atoms with E-state index in [4.69, 9.17) is 4.74 Å². The number of benzene rings is 2. The first-order valence-corrected chi connectivity index (χ1v) is 11.0. The van der Waals surface area contributed by atoms with Gasteiger partial charge >= 0.3 is 0 Å². The van der Waals surface area contributed by atoms with Crippen molar-refractivity contribution in [2.75, 3.05) is 24.2 Å². The number of para-hydroxylation sites is 1. The third kappa shape index (κ3) is 5.48. The van der Waals surface area contributed by atoms with E-state index in [0.29, 0.717) is 17.4 Å². The molecular weight excluding hydrogens is 376 g/mol. The Hall–Kier alpha value is -2.54. The lowest BCUT2D eigenvalue weighted by Gasteiger charge is -2.24. The van der Waals surface area contributed by atoms with Crippen LogP contribution in [0.2, 0.25) is 0 Å². The molecule has 1 atom stereocenters. The lowest BCUT2D eigenvalue weighted by molar-refractivity contribution is -0.120. The van der Waals surface area contributed by atoms with Crippen molar-refractivity contribution < 1.29 is 17.9 Å². The lowest BCUT2D eigenvalue weighted by Crippen LogP contribution is -2.41. The second-order valence-electron chi connectivity index (χ2n) is 7.05. The minimum Gasteiger partial charge on any atom is -0.496 e. The standard InChI is InChI=1S/C21H28N2O4S/c1-15(2)17-10-12-18(13-11-17)23(28(5,25)26)14-21(24)22-16(3)19-8-6-7-9-20(19)27-4/h6-13,15-16H,14H2,1-5H3,(H,22,24).